The Bertz CT molecular complexity index is 5590. The molecule has 0 bridgehead atoms. The summed E-state index contributed by atoms with van der Waals surface area (Å²) in [5.74, 6) is -6.31. The average Bonchev–Trinajstić information content (AvgIpc) is 1.46. The number of aliphatic carboxylic acids is 1. The third kappa shape index (κ3) is 29.0. The van der Waals surface area contributed by atoms with E-state index in [0.29, 0.717) is 189 Å². The number of Topliss-reactive ketones (excluding diaryl/α,β-unsaturated/α-hetero) is 1. The number of unbranched alkanes of at least 4 members (excludes halogenated alkanes) is 1. The summed E-state index contributed by atoms with van der Waals surface area (Å²) in [5, 5.41) is 32.7. The van der Waals surface area contributed by atoms with Gasteiger partial charge < -0.3 is 104 Å². The number of ether oxygens (including phenoxy) is 10. The molecule has 47 heteroatoms. The largest absolute Gasteiger partial charge is 0.495 e. The number of nitrogens with zero attached hydrogens (tertiary/aromatic N) is 10. The highest BCUT2D eigenvalue weighted by Gasteiger charge is 2.50. The van der Waals surface area contributed by atoms with Gasteiger partial charge >= 0.3 is 18.1 Å². The van der Waals surface area contributed by atoms with Crippen LogP contribution in [0.4, 0.5) is 59.5 Å². The fraction of sp³-hybridized carbons (Fsp3) is 0.515. The number of piperidine rings is 2. The summed E-state index contributed by atoms with van der Waals surface area (Å²) in [6.45, 7) is 10.1. The molecule has 44 nitrogen and oxygen atoms in total. The van der Waals surface area contributed by atoms with E-state index in [2.05, 4.69) is 51.7 Å². The minimum Gasteiger partial charge on any atom is -0.495 e. The summed E-state index contributed by atoms with van der Waals surface area (Å²) >= 11 is 0. The van der Waals surface area contributed by atoms with Crippen LogP contribution in [0.3, 0.4) is 0 Å². The lowest BCUT2D eigenvalue weighted by Gasteiger charge is -2.43. The molecular weight excluding hydrogens is 1890 g/mol. The molecule has 0 spiro atoms. The number of ketones is 1. The van der Waals surface area contributed by atoms with Crippen LogP contribution < -0.4 is 76.2 Å². The second-order valence-corrected chi connectivity index (χ2v) is 34.3. The van der Waals surface area contributed by atoms with Crippen molar-refractivity contribution >= 4 is 135 Å². The van der Waals surface area contributed by atoms with Crippen LogP contribution in [0.5, 0.6) is 23.0 Å². The van der Waals surface area contributed by atoms with E-state index < -0.39 is 90.0 Å². The molecule has 12 amide bonds. The third-order valence-electron chi connectivity index (χ3n) is 24.6. The van der Waals surface area contributed by atoms with E-state index in [1.807, 2.05) is 13.8 Å². The number of methoxy groups -OCH3 is 2. The smallest absolute Gasteiger partial charge is 0.490 e. The van der Waals surface area contributed by atoms with Crippen molar-refractivity contribution in [2.75, 3.05) is 171 Å². The molecule has 10 N–H and O–H groups in total. The molecule has 14 rings (SSSR count). The number of nitrogens with one attached hydrogen (secondary N) is 6. The number of imide groups is 4. The highest BCUT2D eigenvalue weighted by Crippen LogP contribution is 2.44. The number of alkyl halides is 3. The zero-order valence-corrected chi connectivity index (χ0v) is 81.0. The van der Waals surface area contributed by atoms with Crippen molar-refractivity contribution in [2.24, 2.45) is 5.73 Å². The fourth-order valence-electron chi connectivity index (χ4n) is 17.3. The summed E-state index contributed by atoms with van der Waals surface area (Å²) in [6, 6.07) is 16.5. The molecular formula is C97H122F3N17O27. The van der Waals surface area contributed by atoms with Crippen LogP contribution in [-0.4, -0.2) is 311 Å². The summed E-state index contributed by atoms with van der Waals surface area (Å²) in [4.78, 5) is 212. The minimum absolute atomic E-state index is 0.00489. The van der Waals surface area contributed by atoms with Crippen molar-refractivity contribution in [1.29, 1.82) is 0 Å². The molecule has 4 fully saturated rings. The lowest BCUT2D eigenvalue weighted by atomic mass is 10.0. The number of rotatable bonds is 48. The van der Waals surface area contributed by atoms with Gasteiger partial charge in [-0.1, -0.05) is 51.7 Å². The summed E-state index contributed by atoms with van der Waals surface area (Å²) in [7, 11) is 6.54. The number of aromatic nitrogens is 4. The standard InChI is InChI=1S/C47H59N9O12.C26H35N3O9.C22H27N5O4.C2HF3O2/c1-4-33-45(62)54(2)35-27-50-47(53-41(35)55(33)30-10-5-6-11-30)51-32-15-14-29(26-37(32)64-3)42(59)49-19-9-21-66-23-25-67-24-22-65-20-8-18-48-39(58)28-68-36-13-7-12-31-40(36)46(63)56(44(31)61)34-16-17-38(57)52-43(34)60;27-10-4-12-36-14-16-37-15-13-35-11-2-1-5-18(30)17-38-21-7-3-6-19-23(21)26(34)29(25(19)33)20-8-9-22(31)28-24(20)32;1-4-16-20(28)26(2)17-12-23-22(25-19(17)27(16)14-7-5-6-8-14)24-15-10-9-13(21(29)30)11-18(15)31-3;3-2(4,5)1(6)7/h7,12-15,26-27,30,33-34H,4-6,8-11,16-25,28H2,1-3H3,(H,48,58)(H,49,59)(H,50,51,53)(H,52,57,60);3,6-7,20H,1-2,4-5,8-17,27H2,(H,28,31,32);9-12,14,16H,4-8H2,1-3H3,(H,29,30)(H,23,24,25);(H,6,7)/t33-,34?;;16-;/m1.1./s1. The molecule has 4 atom stereocenters. The lowest BCUT2D eigenvalue weighted by molar-refractivity contribution is -0.192. The normalized spacial score (nSPS) is 17.7. The molecule has 2 aliphatic carbocycles. The van der Waals surface area contributed by atoms with Gasteiger partial charge in [0.05, 0.1) is 119 Å². The minimum atomic E-state index is -5.08. The Morgan fingerprint density at radius 2 is 0.896 bits per heavy atom. The number of carboxylic acids is 2. The van der Waals surface area contributed by atoms with Crippen molar-refractivity contribution < 1.29 is 143 Å². The highest BCUT2D eigenvalue weighted by atomic mass is 19.4. The molecule has 6 aromatic rings. The molecule has 2 saturated carbocycles. The summed E-state index contributed by atoms with van der Waals surface area (Å²) in [6.07, 6.45) is 12.0. The molecule has 2 aromatic heterocycles. The topological polar surface area (TPSA) is 558 Å². The molecule has 4 aromatic carbocycles. The molecule has 2 saturated heterocycles. The van der Waals surface area contributed by atoms with Gasteiger partial charge in [-0.2, -0.15) is 23.1 Å². The first-order valence-electron chi connectivity index (χ1n) is 47.8. The van der Waals surface area contributed by atoms with Gasteiger partial charge in [0.15, 0.2) is 24.0 Å². The number of hydrogen-bond acceptors (Lipinski definition) is 34. The van der Waals surface area contributed by atoms with Crippen LogP contribution in [0.25, 0.3) is 0 Å². The van der Waals surface area contributed by atoms with Crippen molar-refractivity contribution in [3.05, 3.63) is 119 Å². The van der Waals surface area contributed by atoms with Crippen LogP contribution in [0.2, 0.25) is 0 Å². The molecule has 778 valence electrons. The second kappa shape index (κ2) is 53.9. The van der Waals surface area contributed by atoms with Gasteiger partial charge in [0, 0.05) is 90.5 Å². The quantitative estimate of drug-likeness (QED) is 0.0131. The van der Waals surface area contributed by atoms with Crippen molar-refractivity contribution in [3.8, 4) is 23.0 Å². The van der Waals surface area contributed by atoms with Gasteiger partial charge in [0.2, 0.25) is 47.3 Å². The van der Waals surface area contributed by atoms with E-state index >= 15 is 0 Å². The first kappa shape index (κ1) is 110. The summed E-state index contributed by atoms with van der Waals surface area (Å²) < 4.78 is 86.9. The maximum absolute atomic E-state index is 13.2. The van der Waals surface area contributed by atoms with Crippen LogP contribution in [0.1, 0.15) is 204 Å². The molecule has 2 unspecified atom stereocenters. The van der Waals surface area contributed by atoms with Crippen molar-refractivity contribution in [2.45, 2.75) is 185 Å². The predicted molar refractivity (Wildman–Crippen MR) is 511 cm³/mol. The van der Waals surface area contributed by atoms with E-state index in [-0.39, 0.29) is 126 Å². The van der Waals surface area contributed by atoms with Gasteiger partial charge in [-0.3, -0.25) is 82.8 Å². The van der Waals surface area contributed by atoms with E-state index in [1.165, 1.54) is 56.7 Å². The molecule has 8 aliphatic rings. The predicted octanol–water partition coefficient (Wildman–Crippen LogP) is 7.56. The van der Waals surface area contributed by atoms with Gasteiger partial charge in [-0.05, 0) is 151 Å². The summed E-state index contributed by atoms with van der Waals surface area (Å²) in [5.41, 5.74) is 8.63. The number of carbonyl (C=O) groups is 15. The maximum atomic E-state index is 13.2. The van der Waals surface area contributed by atoms with Gasteiger partial charge in [-0.25, -0.2) is 19.6 Å². The van der Waals surface area contributed by atoms with Crippen LogP contribution in [0, 0.1) is 0 Å². The van der Waals surface area contributed by atoms with E-state index in [9.17, 15) is 85.4 Å². The molecule has 8 heterocycles. The zero-order chi connectivity index (χ0) is 104. The van der Waals surface area contributed by atoms with E-state index in [4.69, 9.17) is 73.0 Å². The van der Waals surface area contributed by atoms with Gasteiger partial charge in [0.25, 0.3) is 35.4 Å². The number of aromatic carboxylic acids is 1. The number of anilines is 8. The molecule has 0 radical (unpaired) electrons. The maximum Gasteiger partial charge on any atom is 0.490 e. The Balaban J connectivity index is 0.000000218. The Kier molecular flexibility index (Phi) is 41.3. The SMILES string of the molecule is CC[C@@H]1C(=O)N(C)c2cnc(Nc3ccc(C(=O)NCCCOCCOCCOCCCNC(=O)COc4cccc5c4C(=O)N(C4CCC(=O)NC4=O)C5=O)cc3OC)nc2N1C1CCCC1.CC[C@@H]1C(=O)N(C)c2cnc(Nc3ccc(C(=O)O)cc3OC)nc2N1C1CCCC1.NCCCOCCOCCOCCCCC(=O)COc1cccc2c1C(=O)N(C1CCC(=O)NC1=O)C2=O.O=C(O)C(F)(F)F. The van der Waals surface area contributed by atoms with Crippen molar-refractivity contribution in [3.63, 3.8) is 0 Å². The number of hydrogen-bond donors (Lipinski definition) is 9. The average molecular weight is 2020 g/mol. The number of fused-ring (bicyclic) bond motifs is 4. The number of carbonyl (C=O) groups excluding carboxylic acids is 13. The third-order valence-corrected chi connectivity index (χ3v) is 24.6. The monoisotopic (exact) mass is 2010 g/mol. The zero-order valence-electron chi connectivity index (χ0n) is 81.0. The number of benzene rings is 4. The number of halogens is 3. The Hall–Kier alpha value is -14.0. The Labute approximate surface area is 827 Å². The number of carboxylic acid groups (broad SMARTS) is 2. The molecule has 144 heavy (non-hydrogen) atoms. The Morgan fingerprint density at radius 3 is 1.31 bits per heavy atom. The van der Waals surface area contributed by atoms with Crippen LogP contribution >= 0.6 is 0 Å². The van der Waals surface area contributed by atoms with Crippen LogP contribution in [-0.2, 0) is 71.6 Å². The van der Waals surface area contributed by atoms with Crippen LogP contribution in [0.15, 0.2) is 85.2 Å². The van der Waals surface area contributed by atoms with E-state index in [1.54, 1.807) is 66.6 Å². The number of amides is 12. The van der Waals surface area contributed by atoms with Gasteiger partial charge in [-0.15, -0.1) is 0 Å². The first-order valence-corrected chi connectivity index (χ1v) is 47.8. The Morgan fingerprint density at radius 1 is 0.493 bits per heavy atom. The highest BCUT2D eigenvalue weighted by molar-refractivity contribution is 6.26. The second-order valence-electron chi connectivity index (χ2n) is 34.3. The molecule has 6 aliphatic heterocycles. The number of likely N-dealkylation sites (N-methyl/N-ethyl adjacent to an activating group) is 2. The first-order chi connectivity index (χ1) is 69.3. The van der Waals surface area contributed by atoms with E-state index in [0.717, 1.165) is 79.2 Å². The van der Waals surface area contributed by atoms with Crippen molar-refractivity contribution in [1.82, 2.24) is 51.0 Å². The fourth-order valence-corrected chi connectivity index (χ4v) is 17.3. The van der Waals surface area contributed by atoms with Gasteiger partial charge in [0.1, 0.15) is 65.1 Å². The lowest BCUT2D eigenvalue weighted by Crippen LogP contribution is -2.55. The number of nitrogens with two attached hydrogens (primary N) is 1.